The zero-order valence-corrected chi connectivity index (χ0v) is 19.3. The lowest BCUT2D eigenvalue weighted by molar-refractivity contribution is 0.248. The van der Waals surface area contributed by atoms with Crippen LogP contribution in [0.5, 0.6) is 0 Å². The number of benzene rings is 2. The fourth-order valence-electron chi connectivity index (χ4n) is 4.49. The molecule has 10 heteroatoms. The molecule has 0 aliphatic carbocycles. The molecule has 0 bridgehead atoms. The third-order valence-corrected chi connectivity index (χ3v) is 6.34. The number of halogens is 2. The molecular formula is C26H23F2N7O. The smallest absolute Gasteiger partial charge is 0.228 e. The number of fused-ring (bicyclic) bond motifs is 1. The Labute approximate surface area is 205 Å². The number of furan rings is 1. The Hall–Kier alpha value is -4.31. The quantitative estimate of drug-likeness (QED) is 0.396. The molecule has 0 atom stereocenters. The van der Waals surface area contributed by atoms with Crippen molar-refractivity contribution >= 4 is 22.8 Å². The predicted molar refractivity (Wildman–Crippen MR) is 133 cm³/mol. The molecule has 0 amide bonds. The third kappa shape index (κ3) is 4.16. The van der Waals surface area contributed by atoms with E-state index >= 15 is 0 Å². The van der Waals surface area contributed by atoms with Gasteiger partial charge in [-0.15, -0.1) is 5.10 Å². The average molecular weight is 488 g/mol. The zero-order chi connectivity index (χ0) is 24.6. The maximum absolute atomic E-state index is 13.9. The molecule has 182 valence electrons. The number of anilines is 2. The van der Waals surface area contributed by atoms with Gasteiger partial charge in [0.05, 0.1) is 17.3 Å². The van der Waals surface area contributed by atoms with Crippen LogP contribution in [0.25, 0.3) is 28.2 Å². The third-order valence-electron chi connectivity index (χ3n) is 6.34. The van der Waals surface area contributed by atoms with E-state index in [1.165, 1.54) is 28.9 Å². The number of hydrogen-bond acceptors (Lipinski definition) is 7. The van der Waals surface area contributed by atoms with Crippen LogP contribution in [0.4, 0.5) is 20.5 Å². The molecule has 2 N–H and O–H groups in total. The highest BCUT2D eigenvalue weighted by molar-refractivity contribution is 5.98. The van der Waals surface area contributed by atoms with Crippen molar-refractivity contribution in [3.05, 3.63) is 84.1 Å². The first-order valence-corrected chi connectivity index (χ1v) is 11.6. The molecule has 3 aromatic heterocycles. The molecule has 0 unspecified atom stereocenters. The van der Waals surface area contributed by atoms with Crippen molar-refractivity contribution in [1.29, 1.82) is 0 Å². The van der Waals surface area contributed by atoms with Gasteiger partial charge in [0.15, 0.2) is 11.4 Å². The second-order valence-electron chi connectivity index (χ2n) is 8.71. The Kier molecular flexibility index (Phi) is 5.57. The Balaban J connectivity index is 1.32. The minimum absolute atomic E-state index is 0.232. The van der Waals surface area contributed by atoms with Crippen LogP contribution in [0.2, 0.25) is 0 Å². The molecule has 6 rings (SSSR count). The molecule has 1 saturated heterocycles. The zero-order valence-electron chi connectivity index (χ0n) is 19.3. The van der Waals surface area contributed by atoms with Crippen LogP contribution in [0.3, 0.4) is 0 Å². The summed E-state index contributed by atoms with van der Waals surface area (Å²) >= 11 is 0. The maximum atomic E-state index is 13.9. The van der Waals surface area contributed by atoms with Gasteiger partial charge in [0.25, 0.3) is 0 Å². The first-order valence-electron chi connectivity index (χ1n) is 11.6. The second-order valence-corrected chi connectivity index (χ2v) is 8.71. The van der Waals surface area contributed by atoms with Crippen molar-refractivity contribution in [2.75, 3.05) is 36.8 Å². The highest BCUT2D eigenvalue weighted by Gasteiger charge is 2.25. The summed E-state index contributed by atoms with van der Waals surface area (Å²) in [5.74, 6) is 0.757. The molecule has 0 saturated carbocycles. The number of hydrogen-bond donors (Lipinski definition) is 1. The number of aromatic nitrogens is 4. The van der Waals surface area contributed by atoms with Crippen LogP contribution in [0, 0.1) is 11.6 Å². The summed E-state index contributed by atoms with van der Waals surface area (Å²) in [6.07, 6.45) is 1.57. The minimum Gasteiger partial charge on any atom is -0.463 e. The van der Waals surface area contributed by atoms with Crippen LogP contribution in [-0.2, 0) is 6.54 Å². The first kappa shape index (κ1) is 22.2. The van der Waals surface area contributed by atoms with E-state index in [9.17, 15) is 8.78 Å². The molecule has 36 heavy (non-hydrogen) atoms. The maximum Gasteiger partial charge on any atom is 0.228 e. The van der Waals surface area contributed by atoms with Crippen molar-refractivity contribution in [2.45, 2.75) is 6.54 Å². The van der Waals surface area contributed by atoms with E-state index in [2.05, 4.69) is 14.9 Å². The monoisotopic (exact) mass is 487 g/mol. The normalized spacial score (nSPS) is 14.6. The lowest BCUT2D eigenvalue weighted by atomic mass is 10.2. The lowest BCUT2D eigenvalue weighted by Crippen LogP contribution is -2.46. The van der Waals surface area contributed by atoms with Crippen molar-refractivity contribution in [3.63, 3.8) is 0 Å². The Morgan fingerprint density at radius 2 is 1.69 bits per heavy atom. The largest absolute Gasteiger partial charge is 0.463 e. The van der Waals surface area contributed by atoms with Crippen LogP contribution in [0.15, 0.2) is 71.3 Å². The van der Waals surface area contributed by atoms with E-state index in [1.54, 1.807) is 24.5 Å². The van der Waals surface area contributed by atoms with Gasteiger partial charge in [-0.3, -0.25) is 4.90 Å². The average Bonchev–Trinajstić information content (AvgIpc) is 3.54. The predicted octanol–water partition coefficient (Wildman–Crippen LogP) is 4.26. The van der Waals surface area contributed by atoms with Gasteiger partial charge in [-0.05, 0) is 48.0 Å². The number of piperazine rings is 1. The molecule has 4 heterocycles. The summed E-state index contributed by atoms with van der Waals surface area (Å²) < 4.78 is 34.2. The number of rotatable bonds is 5. The molecular weight excluding hydrogens is 464 g/mol. The van der Waals surface area contributed by atoms with E-state index < -0.39 is 0 Å². The second kappa shape index (κ2) is 9.04. The molecule has 1 aliphatic heterocycles. The van der Waals surface area contributed by atoms with Gasteiger partial charge in [-0.2, -0.15) is 4.98 Å². The van der Waals surface area contributed by atoms with Crippen molar-refractivity contribution in [3.8, 4) is 17.1 Å². The van der Waals surface area contributed by atoms with Gasteiger partial charge in [0.2, 0.25) is 5.95 Å². The molecule has 1 aliphatic rings. The van der Waals surface area contributed by atoms with Gasteiger partial charge in [-0.25, -0.2) is 18.4 Å². The van der Waals surface area contributed by atoms with Crippen LogP contribution >= 0.6 is 0 Å². The van der Waals surface area contributed by atoms with E-state index in [-0.39, 0.29) is 11.6 Å². The first-order chi connectivity index (χ1) is 17.5. The van der Waals surface area contributed by atoms with E-state index in [1.807, 2.05) is 18.2 Å². The number of nitrogens with zero attached hydrogens (tertiary/aromatic N) is 6. The molecule has 8 nitrogen and oxygen atoms in total. The van der Waals surface area contributed by atoms with Gasteiger partial charge < -0.3 is 15.1 Å². The highest BCUT2D eigenvalue weighted by Crippen LogP contribution is 2.34. The van der Waals surface area contributed by atoms with E-state index in [0.717, 1.165) is 25.2 Å². The topological polar surface area (TPSA) is 89.2 Å². The van der Waals surface area contributed by atoms with Crippen LogP contribution in [-0.4, -0.2) is 50.8 Å². The van der Waals surface area contributed by atoms with Crippen molar-refractivity contribution in [2.24, 2.45) is 0 Å². The SMILES string of the molecule is Nc1c2c(-c3ccco3)nc(N3CCN(Cc4ccc(F)cc4)CC3)nc2nn1-c1cccc(F)c1. The van der Waals surface area contributed by atoms with Crippen molar-refractivity contribution < 1.29 is 13.2 Å². The molecule has 0 spiro atoms. The summed E-state index contributed by atoms with van der Waals surface area (Å²) in [6.45, 7) is 3.78. The fraction of sp³-hybridized carbons (Fsp3) is 0.192. The summed E-state index contributed by atoms with van der Waals surface area (Å²) in [6, 6.07) is 16.3. The Morgan fingerprint density at radius 1 is 0.889 bits per heavy atom. The van der Waals surface area contributed by atoms with Crippen LogP contribution < -0.4 is 10.6 Å². The minimum atomic E-state index is -0.386. The van der Waals surface area contributed by atoms with E-state index in [0.29, 0.717) is 53.0 Å². The molecule has 0 radical (unpaired) electrons. The highest BCUT2D eigenvalue weighted by atomic mass is 19.1. The van der Waals surface area contributed by atoms with Gasteiger partial charge in [0, 0.05) is 32.7 Å². The van der Waals surface area contributed by atoms with Gasteiger partial charge >= 0.3 is 0 Å². The lowest BCUT2D eigenvalue weighted by Gasteiger charge is -2.34. The summed E-state index contributed by atoms with van der Waals surface area (Å²) in [5.41, 5.74) is 8.97. The molecule has 1 fully saturated rings. The van der Waals surface area contributed by atoms with Gasteiger partial charge in [-0.1, -0.05) is 18.2 Å². The van der Waals surface area contributed by atoms with Crippen LogP contribution in [0.1, 0.15) is 5.56 Å². The summed E-state index contributed by atoms with van der Waals surface area (Å²) in [5, 5.41) is 5.14. The fourth-order valence-corrected chi connectivity index (χ4v) is 4.49. The van der Waals surface area contributed by atoms with Crippen molar-refractivity contribution in [1.82, 2.24) is 24.6 Å². The molecule has 5 aromatic rings. The van der Waals surface area contributed by atoms with Gasteiger partial charge in [0.1, 0.15) is 23.1 Å². The van der Waals surface area contributed by atoms with E-state index in [4.69, 9.17) is 20.1 Å². The standard InChI is InChI=1S/C26H23F2N7O/c27-18-8-6-17(7-9-18)16-33-10-12-34(13-11-33)26-30-23(21-5-2-14-36-21)22-24(29)35(32-25(22)31-26)20-4-1-3-19(28)15-20/h1-9,14-15H,10-13,16,29H2. The Bertz CT molecular complexity index is 1510. The summed E-state index contributed by atoms with van der Waals surface area (Å²) in [7, 11) is 0. The summed E-state index contributed by atoms with van der Waals surface area (Å²) in [4.78, 5) is 14.0. The number of nitrogens with two attached hydrogens (primary N) is 1. The Morgan fingerprint density at radius 3 is 2.42 bits per heavy atom. The number of nitrogen functional groups attached to an aromatic ring is 1. The molecule has 2 aromatic carbocycles.